The Balaban J connectivity index is 1.43. The Labute approximate surface area is 227 Å². The second kappa shape index (κ2) is 12.1. The first-order valence-electron chi connectivity index (χ1n) is 12.3. The van der Waals surface area contributed by atoms with Crippen LogP contribution in [0.15, 0.2) is 41.3 Å². The van der Waals surface area contributed by atoms with Crippen molar-refractivity contribution in [1.82, 2.24) is 14.9 Å². The Morgan fingerprint density at radius 3 is 2.54 bits per heavy atom. The summed E-state index contributed by atoms with van der Waals surface area (Å²) in [5.41, 5.74) is 3.56. The van der Waals surface area contributed by atoms with Gasteiger partial charge in [-0.15, -0.1) is 0 Å². The molecule has 2 aromatic carbocycles. The molecule has 0 saturated carbocycles. The SMILES string of the molecule is COC(=O)[C@@H](CC(=O)N[C@@H]1CCCc2cc(CN3CCCC3)ccc21)NS(=O)(=O)c1ccc(Cl)c(Cl)c1. The number of hydrogen-bond acceptors (Lipinski definition) is 6. The topological polar surface area (TPSA) is 105 Å². The molecule has 11 heteroatoms. The normalized spacial score (nSPS) is 18.7. The van der Waals surface area contributed by atoms with Crippen molar-refractivity contribution in [2.45, 2.75) is 62.0 Å². The van der Waals surface area contributed by atoms with Crippen LogP contribution < -0.4 is 10.0 Å². The van der Waals surface area contributed by atoms with E-state index in [0.717, 1.165) is 51.6 Å². The molecule has 0 bridgehead atoms. The minimum Gasteiger partial charge on any atom is -0.468 e. The van der Waals surface area contributed by atoms with Gasteiger partial charge in [0.25, 0.3) is 0 Å². The van der Waals surface area contributed by atoms with Gasteiger partial charge < -0.3 is 10.1 Å². The number of carbonyl (C=O) groups is 2. The molecule has 37 heavy (non-hydrogen) atoms. The number of rotatable bonds is 9. The van der Waals surface area contributed by atoms with Crippen molar-refractivity contribution in [3.05, 3.63) is 63.1 Å². The Morgan fingerprint density at radius 2 is 1.84 bits per heavy atom. The van der Waals surface area contributed by atoms with Gasteiger partial charge in [-0.3, -0.25) is 14.5 Å². The van der Waals surface area contributed by atoms with Gasteiger partial charge >= 0.3 is 5.97 Å². The van der Waals surface area contributed by atoms with Crippen LogP contribution in [-0.4, -0.2) is 51.4 Å². The first kappa shape index (κ1) is 27.9. The van der Waals surface area contributed by atoms with Gasteiger partial charge in [-0.25, -0.2) is 8.42 Å². The van der Waals surface area contributed by atoms with Crippen molar-refractivity contribution in [2.75, 3.05) is 20.2 Å². The van der Waals surface area contributed by atoms with Crippen LogP contribution in [0.2, 0.25) is 10.0 Å². The Bertz CT molecular complexity index is 1260. The summed E-state index contributed by atoms with van der Waals surface area (Å²) in [6.07, 6.45) is 4.72. The number of fused-ring (bicyclic) bond motifs is 1. The largest absolute Gasteiger partial charge is 0.468 e. The van der Waals surface area contributed by atoms with Crippen LogP contribution in [0.4, 0.5) is 0 Å². The third kappa shape index (κ3) is 7.03. The number of halogens is 2. The number of ether oxygens (including phenoxy) is 1. The number of methoxy groups -OCH3 is 1. The van der Waals surface area contributed by atoms with Gasteiger partial charge in [0, 0.05) is 6.54 Å². The van der Waals surface area contributed by atoms with E-state index in [4.69, 9.17) is 27.9 Å². The van der Waals surface area contributed by atoms with Crippen molar-refractivity contribution in [3.63, 3.8) is 0 Å². The molecule has 2 atom stereocenters. The molecule has 1 saturated heterocycles. The number of likely N-dealkylation sites (tertiary alicyclic amines) is 1. The quantitative estimate of drug-likeness (QED) is 0.444. The average Bonchev–Trinajstić information content (AvgIpc) is 3.37. The molecule has 1 aliphatic carbocycles. The fourth-order valence-electron chi connectivity index (χ4n) is 4.97. The zero-order valence-electron chi connectivity index (χ0n) is 20.6. The van der Waals surface area contributed by atoms with Gasteiger partial charge in [0.1, 0.15) is 6.04 Å². The summed E-state index contributed by atoms with van der Waals surface area (Å²) in [4.78, 5) is 27.6. The summed E-state index contributed by atoms with van der Waals surface area (Å²) < 4.78 is 32.7. The van der Waals surface area contributed by atoms with Crippen LogP contribution in [0.5, 0.6) is 0 Å². The van der Waals surface area contributed by atoms with Gasteiger partial charge in [-0.05, 0) is 80.1 Å². The van der Waals surface area contributed by atoms with Crippen LogP contribution in [-0.2, 0) is 37.3 Å². The molecule has 2 N–H and O–H groups in total. The van der Waals surface area contributed by atoms with Gasteiger partial charge in [0.15, 0.2) is 0 Å². The molecule has 8 nitrogen and oxygen atoms in total. The third-order valence-electron chi connectivity index (χ3n) is 6.84. The molecule has 2 aromatic rings. The number of sulfonamides is 1. The number of nitrogens with zero attached hydrogens (tertiary/aromatic N) is 1. The van der Waals surface area contributed by atoms with E-state index in [2.05, 4.69) is 33.1 Å². The summed E-state index contributed by atoms with van der Waals surface area (Å²) in [6.45, 7) is 3.20. The molecule has 1 aliphatic heterocycles. The average molecular weight is 569 g/mol. The van der Waals surface area contributed by atoms with Gasteiger partial charge in [-0.1, -0.05) is 41.4 Å². The maximum Gasteiger partial charge on any atom is 0.324 e. The zero-order valence-corrected chi connectivity index (χ0v) is 23.0. The molecular formula is C26H31Cl2N3O5S. The molecule has 200 valence electrons. The van der Waals surface area contributed by atoms with Crippen LogP contribution in [0.3, 0.4) is 0 Å². The molecule has 1 amide bonds. The Kier molecular flexibility index (Phi) is 9.13. The predicted octanol–water partition coefficient (Wildman–Crippen LogP) is 3.99. The highest BCUT2D eigenvalue weighted by atomic mass is 35.5. The monoisotopic (exact) mass is 567 g/mol. The first-order chi connectivity index (χ1) is 17.7. The van der Waals surface area contributed by atoms with E-state index >= 15 is 0 Å². The lowest BCUT2D eigenvalue weighted by Gasteiger charge is -2.28. The van der Waals surface area contributed by atoms with Crippen LogP contribution in [0.1, 0.15) is 54.8 Å². The lowest BCUT2D eigenvalue weighted by molar-refractivity contribution is -0.144. The van der Waals surface area contributed by atoms with Crippen molar-refractivity contribution in [3.8, 4) is 0 Å². The maximum absolute atomic E-state index is 13.0. The van der Waals surface area contributed by atoms with Crippen molar-refractivity contribution >= 4 is 45.1 Å². The Hall–Kier alpha value is -2.17. The summed E-state index contributed by atoms with van der Waals surface area (Å²) in [7, 11) is -3.04. The third-order valence-corrected chi connectivity index (χ3v) is 9.04. The molecule has 1 fully saturated rings. The maximum atomic E-state index is 13.0. The highest BCUT2D eigenvalue weighted by Gasteiger charge is 2.31. The van der Waals surface area contributed by atoms with E-state index in [9.17, 15) is 18.0 Å². The van der Waals surface area contributed by atoms with E-state index in [-0.39, 0.29) is 21.0 Å². The summed E-state index contributed by atoms with van der Waals surface area (Å²) in [6, 6.07) is 8.60. The molecule has 0 spiro atoms. The number of amides is 1. The second-order valence-corrected chi connectivity index (χ2v) is 12.0. The zero-order chi connectivity index (χ0) is 26.6. The van der Waals surface area contributed by atoms with E-state index in [1.54, 1.807) is 0 Å². The van der Waals surface area contributed by atoms with Gasteiger partial charge in [0.05, 0.1) is 34.5 Å². The van der Waals surface area contributed by atoms with E-state index in [1.165, 1.54) is 42.2 Å². The summed E-state index contributed by atoms with van der Waals surface area (Å²) in [5.74, 6) is -1.32. The van der Waals surface area contributed by atoms with Crippen LogP contribution >= 0.6 is 23.2 Å². The minimum absolute atomic E-state index is 0.0523. The molecule has 4 rings (SSSR count). The molecule has 2 aliphatic rings. The molecule has 0 aromatic heterocycles. The number of hydrogen-bond donors (Lipinski definition) is 2. The number of carbonyl (C=O) groups excluding carboxylic acids is 2. The van der Waals surface area contributed by atoms with Crippen molar-refractivity contribution in [2.24, 2.45) is 0 Å². The smallest absolute Gasteiger partial charge is 0.324 e. The lowest BCUT2D eigenvalue weighted by Crippen LogP contribution is -2.45. The lowest BCUT2D eigenvalue weighted by atomic mass is 9.86. The Morgan fingerprint density at radius 1 is 1.08 bits per heavy atom. The number of esters is 1. The molecule has 0 radical (unpaired) electrons. The highest BCUT2D eigenvalue weighted by Crippen LogP contribution is 2.31. The van der Waals surface area contributed by atoms with Crippen LogP contribution in [0, 0.1) is 0 Å². The highest BCUT2D eigenvalue weighted by molar-refractivity contribution is 7.89. The number of aryl methyl sites for hydroxylation is 1. The molecule has 0 unspecified atom stereocenters. The van der Waals surface area contributed by atoms with Crippen molar-refractivity contribution in [1.29, 1.82) is 0 Å². The predicted molar refractivity (Wildman–Crippen MR) is 142 cm³/mol. The fraction of sp³-hybridized carbons (Fsp3) is 0.462. The van der Waals surface area contributed by atoms with E-state index < -0.39 is 34.4 Å². The number of nitrogens with one attached hydrogen (secondary N) is 2. The van der Waals surface area contributed by atoms with Crippen molar-refractivity contribution < 1.29 is 22.7 Å². The first-order valence-corrected chi connectivity index (χ1v) is 14.6. The van der Waals surface area contributed by atoms with Gasteiger partial charge in [-0.2, -0.15) is 4.72 Å². The minimum atomic E-state index is -4.17. The summed E-state index contributed by atoms with van der Waals surface area (Å²) >= 11 is 11.8. The van der Waals surface area contributed by atoms with Crippen LogP contribution in [0.25, 0.3) is 0 Å². The van der Waals surface area contributed by atoms with E-state index in [0.29, 0.717) is 0 Å². The molecular weight excluding hydrogens is 537 g/mol. The summed E-state index contributed by atoms with van der Waals surface area (Å²) in [5, 5.41) is 3.24. The standard InChI is InChI=1S/C26H31Cl2N3O5S/c1-36-26(33)24(30-37(34,35)19-8-10-21(27)22(28)14-19)15-25(32)29-23-6-4-5-18-13-17(7-9-20(18)23)16-31-11-2-3-12-31/h7-10,13-14,23-24,30H,2-6,11-12,15-16H2,1H3,(H,29,32)/t23-,24-/m1/s1. The molecule has 1 heterocycles. The fourth-order valence-corrected chi connectivity index (χ4v) is 6.54. The number of benzene rings is 2. The van der Waals surface area contributed by atoms with E-state index in [1.807, 2.05) is 0 Å². The van der Waals surface area contributed by atoms with Gasteiger partial charge in [0.2, 0.25) is 15.9 Å². The second-order valence-electron chi connectivity index (χ2n) is 9.51.